The summed E-state index contributed by atoms with van der Waals surface area (Å²) in [5.41, 5.74) is 2.05. The molecule has 2 nitrogen and oxygen atoms in total. The maximum Gasteiger partial charge on any atom is 0.416 e. The van der Waals surface area contributed by atoms with E-state index in [1.807, 2.05) is 30.5 Å². The van der Waals surface area contributed by atoms with Crippen molar-refractivity contribution in [2.45, 2.75) is 25.4 Å². The first-order valence-electron chi connectivity index (χ1n) is 9.26. The molecular formula is C22H21F3N2. The number of piperidine rings is 1. The number of aromatic nitrogens is 1. The highest BCUT2D eigenvalue weighted by Gasteiger charge is 2.33. The maximum atomic E-state index is 13.2. The number of para-hydroxylation sites is 1. The van der Waals surface area contributed by atoms with Gasteiger partial charge in [-0.1, -0.05) is 36.4 Å². The predicted molar refractivity (Wildman–Crippen MR) is 102 cm³/mol. The lowest BCUT2D eigenvalue weighted by molar-refractivity contribution is -0.138. The normalized spacial score (nSPS) is 16.0. The topological polar surface area (TPSA) is 16.1 Å². The number of fused-ring (bicyclic) bond motifs is 1. The summed E-state index contributed by atoms with van der Waals surface area (Å²) in [6.45, 7) is 1.71. The van der Waals surface area contributed by atoms with Crippen molar-refractivity contribution in [2.75, 3.05) is 18.0 Å². The van der Waals surface area contributed by atoms with Crippen LogP contribution in [0.4, 0.5) is 18.9 Å². The molecule has 0 saturated carbocycles. The van der Waals surface area contributed by atoms with Crippen LogP contribution in [0.2, 0.25) is 0 Å². The lowest BCUT2D eigenvalue weighted by atomic mass is 9.88. The summed E-state index contributed by atoms with van der Waals surface area (Å²) in [5.74, 6) is 0.276. The average Bonchev–Trinajstić information content (AvgIpc) is 2.68. The Kier molecular flexibility index (Phi) is 4.77. The lowest BCUT2D eigenvalue weighted by Crippen LogP contribution is -2.34. The zero-order valence-electron chi connectivity index (χ0n) is 14.9. The summed E-state index contributed by atoms with van der Waals surface area (Å²) in [7, 11) is 0. The molecule has 4 rings (SSSR count). The quantitative estimate of drug-likeness (QED) is 0.587. The van der Waals surface area contributed by atoms with Gasteiger partial charge in [0.25, 0.3) is 0 Å². The number of benzene rings is 2. The van der Waals surface area contributed by atoms with Gasteiger partial charge in [0, 0.05) is 30.4 Å². The van der Waals surface area contributed by atoms with Gasteiger partial charge in [-0.3, -0.25) is 4.98 Å². The predicted octanol–water partition coefficient (Wildman–Crippen LogP) is 5.71. The van der Waals surface area contributed by atoms with Crippen molar-refractivity contribution in [1.29, 1.82) is 0 Å². The summed E-state index contributed by atoms with van der Waals surface area (Å²) in [6, 6.07) is 16.0. The molecule has 0 N–H and O–H groups in total. The van der Waals surface area contributed by atoms with Gasteiger partial charge in [0.05, 0.1) is 11.1 Å². The molecule has 0 atom stereocenters. The third-order valence-corrected chi connectivity index (χ3v) is 5.41. The zero-order valence-corrected chi connectivity index (χ0v) is 14.9. The van der Waals surface area contributed by atoms with Gasteiger partial charge in [-0.15, -0.1) is 0 Å². The monoisotopic (exact) mass is 370 g/mol. The molecule has 1 saturated heterocycles. The molecule has 1 aromatic heterocycles. The van der Waals surface area contributed by atoms with E-state index in [4.69, 9.17) is 0 Å². The summed E-state index contributed by atoms with van der Waals surface area (Å²) in [4.78, 5) is 6.74. The largest absolute Gasteiger partial charge is 0.416 e. The van der Waals surface area contributed by atoms with Crippen LogP contribution >= 0.6 is 0 Å². The molecule has 1 fully saturated rings. The van der Waals surface area contributed by atoms with E-state index < -0.39 is 11.7 Å². The fourth-order valence-corrected chi connectivity index (χ4v) is 4.02. The first-order valence-corrected chi connectivity index (χ1v) is 9.26. The van der Waals surface area contributed by atoms with Crippen LogP contribution < -0.4 is 4.90 Å². The Bertz CT molecular complexity index is 923. The summed E-state index contributed by atoms with van der Waals surface area (Å²) < 4.78 is 39.7. The smallest absolute Gasteiger partial charge is 0.371 e. The van der Waals surface area contributed by atoms with Crippen molar-refractivity contribution in [2.24, 2.45) is 5.92 Å². The molecular weight excluding hydrogens is 349 g/mol. The highest BCUT2D eigenvalue weighted by molar-refractivity contribution is 5.91. The number of halogens is 3. The molecule has 0 radical (unpaired) electrons. The Morgan fingerprint density at radius 2 is 1.63 bits per heavy atom. The van der Waals surface area contributed by atoms with Crippen LogP contribution in [0.1, 0.15) is 24.0 Å². The molecule has 0 aliphatic carbocycles. The number of pyridine rings is 1. The van der Waals surface area contributed by atoms with E-state index in [-0.39, 0.29) is 5.92 Å². The number of alkyl halides is 3. The van der Waals surface area contributed by atoms with Crippen molar-refractivity contribution in [3.63, 3.8) is 0 Å². The molecule has 2 aromatic carbocycles. The van der Waals surface area contributed by atoms with E-state index in [2.05, 4.69) is 16.0 Å². The van der Waals surface area contributed by atoms with E-state index in [9.17, 15) is 13.2 Å². The number of nitrogens with zero attached hydrogens (tertiary/aromatic N) is 2. The molecule has 1 aliphatic heterocycles. The van der Waals surface area contributed by atoms with Gasteiger partial charge in [-0.05, 0) is 48.9 Å². The molecule has 0 spiro atoms. The zero-order chi connectivity index (χ0) is 18.9. The van der Waals surface area contributed by atoms with E-state index in [1.54, 1.807) is 12.1 Å². The molecule has 5 heteroatoms. The van der Waals surface area contributed by atoms with E-state index in [1.165, 1.54) is 12.1 Å². The minimum Gasteiger partial charge on any atom is -0.371 e. The van der Waals surface area contributed by atoms with Crippen molar-refractivity contribution in [3.8, 4) is 0 Å². The van der Waals surface area contributed by atoms with Crippen LogP contribution in [0.25, 0.3) is 10.9 Å². The summed E-state index contributed by atoms with van der Waals surface area (Å²) in [6.07, 6.45) is -0.192. The fourth-order valence-electron chi connectivity index (χ4n) is 4.02. The van der Waals surface area contributed by atoms with Crippen molar-refractivity contribution < 1.29 is 13.2 Å². The SMILES string of the molecule is FC(F)(F)c1ccccc1CC1CCN(c2ccnc3ccccc23)CC1. The summed E-state index contributed by atoms with van der Waals surface area (Å²) >= 11 is 0. The molecule has 0 amide bonds. The minimum atomic E-state index is -4.28. The van der Waals surface area contributed by atoms with Crippen molar-refractivity contribution >= 4 is 16.6 Å². The van der Waals surface area contributed by atoms with Crippen LogP contribution in [0, 0.1) is 5.92 Å². The molecule has 3 aromatic rings. The van der Waals surface area contributed by atoms with Gasteiger partial charge in [0.2, 0.25) is 0 Å². The number of hydrogen-bond donors (Lipinski definition) is 0. The highest BCUT2D eigenvalue weighted by Crippen LogP contribution is 2.35. The average molecular weight is 370 g/mol. The minimum absolute atomic E-state index is 0.276. The van der Waals surface area contributed by atoms with Gasteiger partial charge in [-0.25, -0.2) is 0 Å². The second-order valence-corrected chi connectivity index (χ2v) is 7.14. The number of hydrogen-bond acceptors (Lipinski definition) is 2. The maximum absolute atomic E-state index is 13.2. The highest BCUT2D eigenvalue weighted by atomic mass is 19.4. The van der Waals surface area contributed by atoms with Gasteiger partial charge >= 0.3 is 6.18 Å². The Balaban J connectivity index is 1.47. The second kappa shape index (κ2) is 7.22. The first-order chi connectivity index (χ1) is 13.0. The third kappa shape index (κ3) is 3.77. The molecule has 2 heterocycles. The van der Waals surface area contributed by atoms with Crippen LogP contribution in [-0.4, -0.2) is 18.1 Å². The van der Waals surface area contributed by atoms with E-state index in [0.717, 1.165) is 42.5 Å². The Morgan fingerprint density at radius 3 is 2.41 bits per heavy atom. The lowest BCUT2D eigenvalue weighted by Gasteiger charge is -2.34. The van der Waals surface area contributed by atoms with Crippen LogP contribution in [0.3, 0.4) is 0 Å². The molecule has 0 unspecified atom stereocenters. The number of rotatable bonds is 3. The van der Waals surface area contributed by atoms with Gasteiger partial charge in [0.15, 0.2) is 0 Å². The Hall–Kier alpha value is -2.56. The molecule has 1 aliphatic rings. The number of anilines is 1. The van der Waals surface area contributed by atoms with Crippen LogP contribution in [0.5, 0.6) is 0 Å². The Morgan fingerprint density at radius 1 is 0.926 bits per heavy atom. The first kappa shape index (κ1) is 17.8. The van der Waals surface area contributed by atoms with Gasteiger partial charge in [0.1, 0.15) is 0 Å². The van der Waals surface area contributed by atoms with E-state index >= 15 is 0 Å². The molecule has 27 heavy (non-hydrogen) atoms. The van der Waals surface area contributed by atoms with Crippen LogP contribution in [-0.2, 0) is 12.6 Å². The molecule has 0 bridgehead atoms. The van der Waals surface area contributed by atoms with E-state index in [0.29, 0.717) is 12.0 Å². The Labute approximate surface area is 156 Å². The molecule has 140 valence electrons. The van der Waals surface area contributed by atoms with Gasteiger partial charge in [-0.2, -0.15) is 13.2 Å². The fraction of sp³-hybridized carbons (Fsp3) is 0.318. The third-order valence-electron chi connectivity index (χ3n) is 5.41. The standard InChI is InChI=1S/C22H21F3N2/c23-22(24,25)19-7-3-1-5-17(19)15-16-10-13-27(14-11-16)21-9-12-26-20-8-4-2-6-18(20)21/h1-9,12,16H,10-11,13-15H2. The summed E-state index contributed by atoms with van der Waals surface area (Å²) in [5, 5.41) is 1.13. The van der Waals surface area contributed by atoms with Crippen molar-refractivity contribution in [1.82, 2.24) is 4.98 Å². The van der Waals surface area contributed by atoms with Gasteiger partial charge < -0.3 is 4.90 Å². The van der Waals surface area contributed by atoms with Crippen molar-refractivity contribution in [3.05, 3.63) is 71.9 Å². The van der Waals surface area contributed by atoms with Crippen LogP contribution in [0.15, 0.2) is 60.8 Å². The second-order valence-electron chi connectivity index (χ2n) is 7.14.